The van der Waals surface area contributed by atoms with Gasteiger partial charge in [-0.2, -0.15) is 0 Å². The predicted molar refractivity (Wildman–Crippen MR) is 113 cm³/mol. The highest BCUT2D eigenvalue weighted by atomic mass is 32.2. The number of carbonyl (C=O) groups is 1. The summed E-state index contributed by atoms with van der Waals surface area (Å²) in [5, 5.41) is 4.68. The standard InChI is InChI=1S/C20H19N3O4S2/c1-2-11-22-29(25,26)17-9-7-15(8-10-17)20(24)23-18-5-3-4-6-19(18)27-12-16-13-28-14-21-16/h2-10,13-14,22H,1,11-12H2,(H,23,24). The molecule has 0 aliphatic heterocycles. The normalized spacial score (nSPS) is 11.0. The molecule has 1 aromatic heterocycles. The zero-order valence-corrected chi connectivity index (χ0v) is 17.0. The Hall–Kier alpha value is -3.01. The molecular weight excluding hydrogens is 410 g/mol. The summed E-state index contributed by atoms with van der Waals surface area (Å²) in [4.78, 5) is 16.8. The molecule has 0 unspecified atom stereocenters. The van der Waals surface area contributed by atoms with Crippen LogP contribution < -0.4 is 14.8 Å². The van der Waals surface area contributed by atoms with Gasteiger partial charge < -0.3 is 10.1 Å². The molecule has 0 spiro atoms. The lowest BCUT2D eigenvalue weighted by molar-refractivity contribution is 0.102. The van der Waals surface area contributed by atoms with Crippen LogP contribution in [0.4, 0.5) is 5.69 Å². The Morgan fingerprint density at radius 2 is 1.93 bits per heavy atom. The van der Waals surface area contributed by atoms with Crippen LogP contribution >= 0.6 is 11.3 Å². The van der Waals surface area contributed by atoms with Gasteiger partial charge in [0, 0.05) is 17.5 Å². The van der Waals surface area contributed by atoms with E-state index >= 15 is 0 Å². The highest BCUT2D eigenvalue weighted by Gasteiger charge is 2.15. The van der Waals surface area contributed by atoms with Gasteiger partial charge in [-0.3, -0.25) is 4.79 Å². The first-order valence-corrected chi connectivity index (χ1v) is 11.0. The Kier molecular flexibility index (Phi) is 6.76. The molecule has 0 aliphatic rings. The summed E-state index contributed by atoms with van der Waals surface area (Å²) in [6.07, 6.45) is 1.45. The van der Waals surface area contributed by atoms with Gasteiger partial charge in [0.05, 0.1) is 21.8 Å². The van der Waals surface area contributed by atoms with Crippen LogP contribution in [0.15, 0.2) is 77.0 Å². The summed E-state index contributed by atoms with van der Waals surface area (Å²) in [7, 11) is -3.64. The number of sulfonamides is 1. The fourth-order valence-electron chi connectivity index (χ4n) is 2.39. The molecule has 1 heterocycles. The third kappa shape index (κ3) is 5.50. The number of rotatable bonds is 9. The van der Waals surface area contributed by atoms with Crippen molar-refractivity contribution in [2.45, 2.75) is 11.5 Å². The largest absolute Gasteiger partial charge is 0.485 e. The zero-order chi connectivity index (χ0) is 20.7. The molecule has 9 heteroatoms. The second kappa shape index (κ2) is 9.46. The number of carbonyl (C=O) groups excluding carboxylic acids is 1. The number of aromatic nitrogens is 1. The Morgan fingerprint density at radius 3 is 2.62 bits per heavy atom. The highest BCUT2D eigenvalue weighted by Crippen LogP contribution is 2.25. The van der Waals surface area contributed by atoms with Crippen molar-refractivity contribution in [3.63, 3.8) is 0 Å². The fourth-order valence-corrected chi connectivity index (χ4v) is 3.93. The Bertz CT molecular complexity index is 1080. The van der Waals surface area contributed by atoms with Crippen LogP contribution in [0.1, 0.15) is 16.1 Å². The number of nitrogens with zero attached hydrogens (tertiary/aromatic N) is 1. The average Bonchev–Trinajstić information content (AvgIpc) is 3.25. The number of anilines is 1. The second-order valence-electron chi connectivity index (χ2n) is 5.88. The van der Waals surface area contributed by atoms with E-state index in [-0.39, 0.29) is 17.3 Å². The maximum absolute atomic E-state index is 12.6. The van der Waals surface area contributed by atoms with Gasteiger partial charge in [-0.1, -0.05) is 18.2 Å². The van der Waals surface area contributed by atoms with Crippen LogP contribution in [0.3, 0.4) is 0 Å². The summed E-state index contributed by atoms with van der Waals surface area (Å²) < 4.78 is 32.3. The molecule has 0 aliphatic carbocycles. The van der Waals surface area contributed by atoms with Crippen LogP contribution in [-0.2, 0) is 16.6 Å². The first-order chi connectivity index (χ1) is 14.0. The SMILES string of the molecule is C=CCNS(=O)(=O)c1ccc(C(=O)Nc2ccccc2OCc2cscn2)cc1. The molecule has 0 saturated heterocycles. The van der Waals surface area contributed by atoms with E-state index < -0.39 is 10.0 Å². The predicted octanol–water partition coefficient (Wildman–Crippen LogP) is 3.44. The van der Waals surface area contributed by atoms with E-state index in [9.17, 15) is 13.2 Å². The van der Waals surface area contributed by atoms with Crippen LogP contribution in [0.5, 0.6) is 5.75 Å². The van der Waals surface area contributed by atoms with Gasteiger partial charge in [-0.05, 0) is 36.4 Å². The van der Waals surface area contributed by atoms with E-state index in [0.29, 0.717) is 23.6 Å². The van der Waals surface area contributed by atoms with Crippen molar-refractivity contribution in [1.82, 2.24) is 9.71 Å². The number of amides is 1. The molecule has 7 nitrogen and oxygen atoms in total. The second-order valence-corrected chi connectivity index (χ2v) is 8.37. The third-order valence-corrected chi connectivity index (χ3v) is 5.91. The molecule has 0 fully saturated rings. The number of nitrogens with one attached hydrogen (secondary N) is 2. The molecule has 0 bridgehead atoms. The maximum Gasteiger partial charge on any atom is 0.255 e. The number of ether oxygens (including phenoxy) is 1. The number of benzene rings is 2. The Labute approximate surface area is 173 Å². The summed E-state index contributed by atoms with van der Waals surface area (Å²) in [6, 6.07) is 12.7. The van der Waals surface area contributed by atoms with Crippen molar-refractivity contribution in [1.29, 1.82) is 0 Å². The molecule has 2 aromatic carbocycles. The minimum absolute atomic E-state index is 0.0721. The smallest absolute Gasteiger partial charge is 0.255 e. The number of hydrogen-bond donors (Lipinski definition) is 2. The summed E-state index contributed by atoms with van der Waals surface area (Å²) in [5.41, 5.74) is 3.36. The van der Waals surface area contributed by atoms with Crippen molar-refractivity contribution in [3.05, 3.63) is 83.3 Å². The molecule has 3 rings (SSSR count). The first kappa shape index (κ1) is 20.7. The van der Waals surface area contributed by atoms with Crippen LogP contribution in [0, 0.1) is 0 Å². The molecule has 0 radical (unpaired) electrons. The average molecular weight is 430 g/mol. The summed E-state index contributed by atoms with van der Waals surface area (Å²) in [6.45, 7) is 3.90. The van der Waals surface area contributed by atoms with E-state index in [1.54, 1.807) is 23.7 Å². The molecule has 1 amide bonds. The Balaban J connectivity index is 1.69. The molecule has 3 aromatic rings. The van der Waals surface area contributed by atoms with Gasteiger partial charge in [0.2, 0.25) is 10.0 Å². The van der Waals surface area contributed by atoms with Gasteiger partial charge in [0.15, 0.2) is 0 Å². The lowest BCUT2D eigenvalue weighted by atomic mass is 10.2. The van der Waals surface area contributed by atoms with Gasteiger partial charge in [0.25, 0.3) is 5.91 Å². The third-order valence-electron chi connectivity index (χ3n) is 3.84. The van der Waals surface area contributed by atoms with Crippen molar-refractivity contribution < 1.29 is 17.9 Å². The maximum atomic E-state index is 12.6. The lowest BCUT2D eigenvalue weighted by Crippen LogP contribution is -2.23. The minimum Gasteiger partial charge on any atom is -0.485 e. The van der Waals surface area contributed by atoms with Gasteiger partial charge in [-0.25, -0.2) is 18.1 Å². The molecule has 150 valence electrons. The number of para-hydroxylation sites is 2. The van der Waals surface area contributed by atoms with Gasteiger partial charge >= 0.3 is 0 Å². The summed E-state index contributed by atoms with van der Waals surface area (Å²) in [5.74, 6) is 0.138. The van der Waals surface area contributed by atoms with Crippen LogP contribution in [0.25, 0.3) is 0 Å². The van der Waals surface area contributed by atoms with Crippen molar-refractivity contribution >= 4 is 33.0 Å². The molecule has 2 N–H and O–H groups in total. The fraction of sp³-hybridized carbons (Fsp3) is 0.100. The molecular formula is C20H19N3O4S2. The van der Waals surface area contributed by atoms with Crippen LogP contribution in [0.2, 0.25) is 0 Å². The quantitative estimate of drug-likeness (QED) is 0.508. The zero-order valence-electron chi connectivity index (χ0n) is 15.4. The lowest BCUT2D eigenvalue weighted by Gasteiger charge is -2.12. The topological polar surface area (TPSA) is 97.4 Å². The minimum atomic E-state index is -3.64. The van der Waals surface area contributed by atoms with Crippen molar-refractivity contribution in [3.8, 4) is 5.75 Å². The molecule has 0 saturated carbocycles. The molecule has 0 atom stereocenters. The van der Waals surface area contributed by atoms with Crippen molar-refractivity contribution in [2.75, 3.05) is 11.9 Å². The van der Waals surface area contributed by atoms with E-state index in [1.807, 2.05) is 11.4 Å². The number of thiazole rings is 1. The Morgan fingerprint density at radius 1 is 1.17 bits per heavy atom. The number of hydrogen-bond acceptors (Lipinski definition) is 6. The summed E-state index contributed by atoms with van der Waals surface area (Å²) >= 11 is 1.48. The van der Waals surface area contributed by atoms with Crippen molar-refractivity contribution in [2.24, 2.45) is 0 Å². The van der Waals surface area contributed by atoms with E-state index in [2.05, 4.69) is 21.6 Å². The van der Waals surface area contributed by atoms with Gasteiger partial charge in [0.1, 0.15) is 12.4 Å². The van der Waals surface area contributed by atoms with E-state index in [4.69, 9.17) is 4.74 Å². The first-order valence-electron chi connectivity index (χ1n) is 8.60. The van der Waals surface area contributed by atoms with E-state index in [0.717, 1.165) is 5.69 Å². The molecule has 29 heavy (non-hydrogen) atoms. The van der Waals surface area contributed by atoms with E-state index in [1.165, 1.54) is 41.7 Å². The van der Waals surface area contributed by atoms with Crippen LogP contribution in [-0.4, -0.2) is 25.9 Å². The monoisotopic (exact) mass is 429 g/mol. The van der Waals surface area contributed by atoms with Gasteiger partial charge in [-0.15, -0.1) is 17.9 Å². The highest BCUT2D eigenvalue weighted by molar-refractivity contribution is 7.89.